The molecule has 1 N–H and O–H groups in total. The van der Waals surface area contributed by atoms with E-state index in [0.29, 0.717) is 5.56 Å². The first-order chi connectivity index (χ1) is 9.47. The van der Waals surface area contributed by atoms with Gasteiger partial charge in [0.25, 0.3) is 0 Å². The third-order valence-corrected chi connectivity index (χ3v) is 2.80. The zero-order valence-corrected chi connectivity index (χ0v) is 11.4. The number of carbonyl (C=O) groups is 1. The minimum Gasteiger partial charge on any atom is -0.484 e. The lowest BCUT2D eigenvalue weighted by atomic mass is 10.1. The van der Waals surface area contributed by atoms with Gasteiger partial charge in [0, 0.05) is 12.1 Å². The molecule has 1 rings (SSSR count). The van der Waals surface area contributed by atoms with E-state index in [-0.39, 0.29) is 17.5 Å². The molecule has 0 aromatic heterocycles. The van der Waals surface area contributed by atoms with Crippen molar-refractivity contribution in [2.45, 2.75) is 32.8 Å². The van der Waals surface area contributed by atoms with Crippen LogP contribution in [0.3, 0.4) is 0 Å². The van der Waals surface area contributed by atoms with E-state index in [4.69, 9.17) is 9.84 Å². The topological polar surface area (TPSA) is 89.7 Å². The summed E-state index contributed by atoms with van der Waals surface area (Å²) in [5.41, 5.74) is 0.278. The second kappa shape index (κ2) is 7.28. The van der Waals surface area contributed by atoms with E-state index in [9.17, 15) is 14.9 Å². The van der Waals surface area contributed by atoms with Crippen molar-refractivity contribution >= 4 is 17.7 Å². The second-order valence-corrected chi connectivity index (χ2v) is 4.21. The molecule has 0 spiro atoms. The van der Waals surface area contributed by atoms with E-state index in [1.165, 1.54) is 18.2 Å². The molecule has 1 aromatic rings. The van der Waals surface area contributed by atoms with Gasteiger partial charge < -0.3 is 9.84 Å². The lowest BCUT2D eigenvalue weighted by molar-refractivity contribution is -0.386. The summed E-state index contributed by atoms with van der Waals surface area (Å²) >= 11 is 0. The van der Waals surface area contributed by atoms with Crippen LogP contribution >= 0.6 is 0 Å². The molecule has 6 nitrogen and oxygen atoms in total. The van der Waals surface area contributed by atoms with Gasteiger partial charge in [0.1, 0.15) is 0 Å². The van der Waals surface area contributed by atoms with Crippen LogP contribution in [0.1, 0.15) is 32.3 Å². The van der Waals surface area contributed by atoms with Crippen LogP contribution < -0.4 is 4.74 Å². The second-order valence-electron chi connectivity index (χ2n) is 4.21. The molecule has 0 saturated carbocycles. The fourth-order valence-corrected chi connectivity index (χ4v) is 1.68. The molecule has 0 aliphatic rings. The predicted molar refractivity (Wildman–Crippen MR) is 74.8 cm³/mol. The minimum absolute atomic E-state index is 0.0749. The molecule has 0 amide bonds. The highest BCUT2D eigenvalue weighted by molar-refractivity contribution is 5.85. The van der Waals surface area contributed by atoms with Crippen LogP contribution in [-0.2, 0) is 4.79 Å². The van der Waals surface area contributed by atoms with Crippen LogP contribution in [0.5, 0.6) is 5.75 Å². The molecule has 20 heavy (non-hydrogen) atoms. The monoisotopic (exact) mass is 279 g/mol. The third-order valence-electron chi connectivity index (χ3n) is 2.80. The van der Waals surface area contributed by atoms with E-state index >= 15 is 0 Å². The largest absolute Gasteiger partial charge is 0.484 e. The van der Waals surface area contributed by atoms with Crippen molar-refractivity contribution in [1.29, 1.82) is 0 Å². The summed E-state index contributed by atoms with van der Waals surface area (Å²) in [4.78, 5) is 21.0. The van der Waals surface area contributed by atoms with Crippen LogP contribution in [0.25, 0.3) is 6.08 Å². The Kier molecular flexibility index (Phi) is 5.71. The predicted octanol–water partition coefficient (Wildman–Crippen LogP) is 3.26. The summed E-state index contributed by atoms with van der Waals surface area (Å²) < 4.78 is 5.60. The summed E-state index contributed by atoms with van der Waals surface area (Å²) in [6, 6.07) is 4.39. The van der Waals surface area contributed by atoms with Gasteiger partial charge in [0.2, 0.25) is 0 Å². The number of benzene rings is 1. The fourth-order valence-electron chi connectivity index (χ4n) is 1.68. The highest BCUT2D eigenvalue weighted by Gasteiger charge is 2.18. The molecule has 0 unspecified atom stereocenters. The average molecular weight is 279 g/mol. The van der Waals surface area contributed by atoms with Gasteiger partial charge >= 0.3 is 11.7 Å². The number of carboxylic acid groups (broad SMARTS) is 1. The van der Waals surface area contributed by atoms with Gasteiger partial charge in [0.15, 0.2) is 5.75 Å². The maximum absolute atomic E-state index is 11.1. The Morgan fingerprint density at radius 1 is 1.45 bits per heavy atom. The highest BCUT2D eigenvalue weighted by atomic mass is 16.6. The molecule has 0 fully saturated rings. The number of hydrogen-bond acceptors (Lipinski definition) is 4. The first kappa shape index (κ1) is 15.7. The van der Waals surface area contributed by atoms with Gasteiger partial charge in [-0.25, -0.2) is 4.79 Å². The molecule has 6 heteroatoms. The summed E-state index contributed by atoms with van der Waals surface area (Å²) in [6.07, 6.45) is 3.67. The maximum atomic E-state index is 11.1. The van der Waals surface area contributed by atoms with Crippen LogP contribution in [-0.4, -0.2) is 22.1 Å². The lowest BCUT2D eigenvalue weighted by Gasteiger charge is -2.15. The lowest BCUT2D eigenvalue weighted by Crippen LogP contribution is -2.14. The van der Waals surface area contributed by atoms with Gasteiger partial charge in [-0.15, -0.1) is 0 Å². The molecule has 108 valence electrons. The molecule has 0 heterocycles. The Morgan fingerprint density at radius 2 is 2.10 bits per heavy atom. The zero-order valence-electron chi connectivity index (χ0n) is 11.4. The van der Waals surface area contributed by atoms with Crippen molar-refractivity contribution in [3.05, 3.63) is 40.0 Å². The minimum atomic E-state index is -1.11. The molecule has 0 aliphatic carbocycles. The quantitative estimate of drug-likeness (QED) is 0.470. The number of aliphatic carboxylic acids is 1. The smallest absolute Gasteiger partial charge is 0.328 e. The number of nitrogens with zero attached hydrogens (tertiary/aromatic N) is 1. The molecule has 0 aliphatic heterocycles. The van der Waals surface area contributed by atoms with Crippen molar-refractivity contribution in [1.82, 2.24) is 0 Å². The van der Waals surface area contributed by atoms with Gasteiger partial charge in [0.05, 0.1) is 11.0 Å². The fraction of sp³-hybridized carbons (Fsp3) is 0.357. The summed E-state index contributed by atoms with van der Waals surface area (Å²) in [7, 11) is 0. The zero-order chi connectivity index (χ0) is 15.1. The maximum Gasteiger partial charge on any atom is 0.328 e. The Bertz CT molecular complexity index is 520. The standard InChI is InChI=1S/C14H17NO5/c1-3-11(4-2)20-13-7-5-10(6-8-14(16)17)9-12(13)15(18)19/h5-9,11H,3-4H2,1-2H3,(H,16,17)/b8-6+. The molecular weight excluding hydrogens is 262 g/mol. The van der Waals surface area contributed by atoms with Crippen LogP contribution in [0.4, 0.5) is 5.69 Å². The van der Waals surface area contributed by atoms with Crippen molar-refractivity contribution in [3.8, 4) is 5.75 Å². The van der Waals surface area contributed by atoms with Crippen molar-refractivity contribution in [3.63, 3.8) is 0 Å². The number of nitro benzene ring substituents is 1. The molecular formula is C14H17NO5. The number of carboxylic acids is 1. The van der Waals surface area contributed by atoms with Crippen LogP contribution in [0, 0.1) is 10.1 Å². The Labute approximate surface area is 116 Å². The third kappa shape index (κ3) is 4.38. The van der Waals surface area contributed by atoms with Gasteiger partial charge in [-0.2, -0.15) is 0 Å². The highest BCUT2D eigenvalue weighted by Crippen LogP contribution is 2.30. The molecule has 0 atom stereocenters. The Hall–Kier alpha value is -2.37. The summed E-state index contributed by atoms with van der Waals surface area (Å²) in [5, 5.41) is 19.6. The van der Waals surface area contributed by atoms with Crippen molar-refractivity contribution in [2.24, 2.45) is 0 Å². The number of nitro groups is 1. The Balaban J connectivity index is 3.07. The molecule has 0 saturated heterocycles. The first-order valence-electron chi connectivity index (χ1n) is 6.34. The number of rotatable bonds is 7. The number of ether oxygens (including phenoxy) is 1. The SMILES string of the molecule is CCC(CC)Oc1ccc(/C=C/C(=O)O)cc1[N+](=O)[O-]. The number of hydrogen-bond donors (Lipinski definition) is 1. The van der Waals surface area contributed by atoms with E-state index in [0.717, 1.165) is 18.9 Å². The molecule has 0 radical (unpaired) electrons. The normalized spacial score (nSPS) is 10.9. The van der Waals surface area contributed by atoms with Crippen LogP contribution in [0.15, 0.2) is 24.3 Å². The van der Waals surface area contributed by atoms with Gasteiger partial charge in [-0.05, 0) is 30.5 Å². The Morgan fingerprint density at radius 3 is 2.60 bits per heavy atom. The van der Waals surface area contributed by atoms with Crippen LogP contribution in [0.2, 0.25) is 0 Å². The summed E-state index contributed by atoms with van der Waals surface area (Å²) in [6.45, 7) is 3.90. The molecule has 0 bridgehead atoms. The van der Waals surface area contributed by atoms with E-state index in [1.807, 2.05) is 13.8 Å². The molecule has 1 aromatic carbocycles. The van der Waals surface area contributed by atoms with Gasteiger partial charge in [-0.3, -0.25) is 10.1 Å². The van der Waals surface area contributed by atoms with Crippen molar-refractivity contribution in [2.75, 3.05) is 0 Å². The van der Waals surface area contributed by atoms with E-state index in [2.05, 4.69) is 0 Å². The first-order valence-corrected chi connectivity index (χ1v) is 6.34. The van der Waals surface area contributed by atoms with Gasteiger partial charge in [-0.1, -0.05) is 19.9 Å². The average Bonchev–Trinajstić information content (AvgIpc) is 2.42. The van der Waals surface area contributed by atoms with Crippen molar-refractivity contribution < 1.29 is 19.6 Å². The van der Waals surface area contributed by atoms with E-state index in [1.54, 1.807) is 6.07 Å². The van der Waals surface area contributed by atoms with E-state index < -0.39 is 10.9 Å². The summed E-state index contributed by atoms with van der Waals surface area (Å²) in [5.74, 6) is -0.902.